The Balaban J connectivity index is 1.69. The minimum atomic E-state index is -0.375. The number of rotatable bonds is 5. The van der Waals surface area contributed by atoms with Gasteiger partial charge in [-0.3, -0.25) is 4.79 Å². The van der Waals surface area contributed by atoms with E-state index in [1.807, 2.05) is 24.3 Å². The standard InChI is InChI=1S/C19H17FN2O2/c1-24-15-9-6-13(7-10-15)8-11-18-21-17(19(23)22-18)12-14-4-2-3-5-16(14)20/h2-7,9-10,12H,8,11H2,1H3,(H,21,22,23)/b17-12-. The number of hydrogen-bond acceptors (Lipinski definition) is 3. The molecule has 2 aromatic carbocycles. The van der Waals surface area contributed by atoms with Crippen LogP contribution in [0.2, 0.25) is 0 Å². The number of ether oxygens (including phenoxy) is 1. The molecular formula is C19H17FN2O2. The van der Waals surface area contributed by atoms with Crippen LogP contribution in [0, 0.1) is 5.82 Å². The second kappa shape index (κ2) is 7.08. The first kappa shape index (κ1) is 15.9. The predicted octanol–water partition coefficient (Wildman–Crippen LogP) is 3.34. The zero-order valence-corrected chi connectivity index (χ0v) is 13.3. The van der Waals surface area contributed by atoms with Crippen LogP contribution in [0.1, 0.15) is 17.5 Å². The molecule has 1 N–H and O–H groups in total. The minimum Gasteiger partial charge on any atom is -0.497 e. The van der Waals surface area contributed by atoms with Gasteiger partial charge in [0.15, 0.2) is 0 Å². The molecule has 1 heterocycles. The molecule has 0 fully saturated rings. The second-order valence-corrected chi connectivity index (χ2v) is 5.41. The quantitative estimate of drug-likeness (QED) is 0.858. The van der Waals surface area contributed by atoms with Crippen molar-refractivity contribution in [3.8, 4) is 5.75 Å². The highest BCUT2D eigenvalue weighted by atomic mass is 19.1. The molecule has 24 heavy (non-hydrogen) atoms. The Bertz CT molecular complexity index is 810. The van der Waals surface area contributed by atoms with Gasteiger partial charge in [0, 0.05) is 12.0 Å². The molecule has 0 unspecified atom stereocenters. The van der Waals surface area contributed by atoms with E-state index in [1.54, 1.807) is 25.3 Å². The summed E-state index contributed by atoms with van der Waals surface area (Å²) in [6.07, 6.45) is 2.81. The van der Waals surface area contributed by atoms with Gasteiger partial charge < -0.3 is 10.1 Å². The van der Waals surface area contributed by atoms with Gasteiger partial charge in [0.05, 0.1) is 7.11 Å². The molecule has 3 rings (SSSR count). The van der Waals surface area contributed by atoms with Gasteiger partial charge in [-0.1, -0.05) is 30.3 Å². The summed E-state index contributed by atoms with van der Waals surface area (Å²) in [5.41, 5.74) is 1.70. The fourth-order valence-corrected chi connectivity index (χ4v) is 2.43. The number of methoxy groups -OCH3 is 1. The maximum absolute atomic E-state index is 13.7. The van der Waals surface area contributed by atoms with E-state index in [2.05, 4.69) is 10.3 Å². The van der Waals surface area contributed by atoms with Gasteiger partial charge in [-0.05, 0) is 36.3 Å². The number of nitrogens with zero attached hydrogens (tertiary/aromatic N) is 1. The lowest BCUT2D eigenvalue weighted by atomic mass is 10.1. The van der Waals surface area contributed by atoms with Crippen LogP contribution in [0.5, 0.6) is 5.75 Å². The Morgan fingerprint density at radius 3 is 2.58 bits per heavy atom. The fraction of sp³-hybridized carbons (Fsp3) is 0.158. The van der Waals surface area contributed by atoms with E-state index >= 15 is 0 Å². The molecule has 0 saturated heterocycles. The van der Waals surface area contributed by atoms with E-state index in [4.69, 9.17) is 4.74 Å². The number of hydrogen-bond donors (Lipinski definition) is 1. The molecule has 0 bridgehead atoms. The topological polar surface area (TPSA) is 50.7 Å². The summed E-state index contributed by atoms with van der Waals surface area (Å²) in [4.78, 5) is 16.2. The Hall–Kier alpha value is -2.95. The summed E-state index contributed by atoms with van der Waals surface area (Å²) in [6.45, 7) is 0. The van der Waals surface area contributed by atoms with E-state index < -0.39 is 0 Å². The maximum Gasteiger partial charge on any atom is 0.275 e. The van der Waals surface area contributed by atoms with Crippen molar-refractivity contribution in [2.45, 2.75) is 12.8 Å². The first-order chi connectivity index (χ1) is 11.7. The van der Waals surface area contributed by atoms with E-state index in [1.165, 1.54) is 12.1 Å². The third-order valence-corrected chi connectivity index (χ3v) is 3.75. The number of carbonyl (C=O) groups excluding carboxylic acids is 1. The molecule has 1 aliphatic heterocycles. The number of nitrogens with one attached hydrogen (secondary N) is 1. The highest BCUT2D eigenvalue weighted by molar-refractivity contribution is 6.14. The highest BCUT2D eigenvalue weighted by Gasteiger charge is 2.20. The van der Waals surface area contributed by atoms with Gasteiger partial charge in [-0.25, -0.2) is 9.38 Å². The Labute approximate surface area is 139 Å². The summed E-state index contributed by atoms with van der Waals surface area (Å²) in [7, 11) is 1.63. The van der Waals surface area contributed by atoms with Crippen LogP contribution in [0.25, 0.3) is 6.08 Å². The van der Waals surface area contributed by atoms with Gasteiger partial charge >= 0.3 is 0 Å². The molecule has 4 nitrogen and oxygen atoms in total. The van der Waals surface area contributed by atoms with Gasteiger partial charge in [0.1, 0.15) is 23.1 Å². The molecule has 122 valence electrons. The largest absolute Gasteiger partial charge is 0.497 e. The molecule has 5 heteroatoms. The zero-order valence-electron chi connectivity index (χ0n) is 13.3. The lowest BCUT2D eigenvalue weighted by Gasteiger charge is -2.03. The van der Waals surface area contributed by atoms with Crippen LogP contribution in [-0.4, -0.2) is 18.9 Å². The lowest BCUT2D eigenvalue weighted by Crippen LogP contribution is -2.24. The van der Waals surface area contributed by atoms with Crippen molar-refractivity contribution in [2.24, 2.45) is 4.99 Å². The maximum atomic E-state index is 13.7. The first-order valence-corrected chi connectivity index (χ1v) is 7.64. The SMILES string of the molecule is COc1ccc(CCC2=N/C(=C\c3ccccc3F)C(=O)N2)cc1. The van der Waals surface area contributed by atoms with Crippen molar-refractivity contribution >= 4 is 17.8 Å². The van der Waals surface area contributed by atoms with Crippen molar-refractivity contribution in [1.82, 2.24) is 5.32 Å². The van der Waals surface area contributed by atoms with Crippen molar-refractivity contribution in [1.29, 1.82) is 0 Å². The molecule has 1 amide bonds. The molecule has 0 spiro atoms. The molecule has 0 atom stereocenters. The van der Waals surface area contributed by atoms with Crippen LogP contribution in [0.3, 0.4) is 0 Å². The summed E-state index contributed by atoms with van der Waals surface area (Å²) in [5, 5.41) is 2.73. The Morgan fingerprint density at radius 1 is 1.12 bits per heavy atom. The smallest absolute Gasteiger partial charge is 0.275 e. The van der Waals surface area contributed by atoms with Crippen molar-refractivity contribution < 1.29 is 13.9 Å². The van der Waals surface area contributed by atoms with Crippen molar-refractivity contribution in [3.05, 3.63) is 71.2 Å². The monoisotopic (exact) mass is 324 g/mol. The molecule has 0 aliphatic carbocycles. The number of amides is 1. The summed E-state index contributed by atoms with van der Waals surface area (Å²) in [6, 6.07) is 14.0. The second-order valence-electron chi connectivity index (χ2n) is 5.41. The normalized spacial score (nSPS) is 15.3. The van der Waals surface area contributed by atoms with Gasteiger partial charge in [0.25, 0.3) is 5.91 Å². The van der Waals surface area contributed by atoms with E-state index in [0.29, 0.717) is 17.8 Å². The molecule has 0 saturated carbocycles. The van der Waals surface area contributed by atoms with Crippen LogP contribution >= 0.6 is 0 Å². The van der Waals surface area contributed by atoms with Crippen LogP contribution in [0.15, 0.2) is 59.2 Å². The Kier molecular flexibility index (Phi) is 4.70. The average Bonchev–Trinajstić information content (AvgIpc) is 2.95. The number of aliphatic imine (C=N–C) groups is 1. The van der Waals surface area contributed by atoms with Crippen molar-refractivity contribution in [2.75, 3.05) is 7.11 Å². The van der Waals surface area contributed by atoms with E-state index in [0.717, 1.165) is 17.7 Å². The predicted molar refractivity (Wildman–Crippen MR) is 91.3 cm³/mol. The number of amidine groups is 1. The highest BCUT2D eigenvalue weighted by Crippen LogP contribution is 2.17. The van der Waals surface area contributed by atoms with E-state index in [-0.39, 0.29) is 17.4 Å². The average molecular weight is 324 g/mol. The number of aryl methyl sites for hydroxylation is 1. The molecule has 1 aliphatic rings. The summed E-state index contributed by atoms with van der Waals surface area (Å²) in [5.74, 6) is 0.724. The Morgan fingerprint density at radius 2 is 1.88 bits per heavy atom. The third-order valence-electron chi connectivity index (χ3n) is 3.75. The van der Waals surface area contributed by atoms with E-state index in [9.17, 15) is 9.18 Å². The molecular weight excluding hydrogens is 307 g/mol. The first-order valence-electron chi connectivity index (χ1n) is 7.64. The minimum absolute atomic E-state index is 0.227. The van der Waals surface area contributed by atoms with Gasteiger partial charge in [0.2, 0.25) is 0 Å². The lowest BCUT2D eigenvalue weighted by molar-refractivity contribution is -0.115. The zero-order chi connectivity index (χ0) is 16.9. The summed E-state index contributed by atoms with van der Waals surface area (Å²) >= 11 is 0. The van der Waals surface area contributed by atoms with Crippen molar-refractivity contribution in [3.63, 3.8) is 0 Å². The number of carbonyl (C=O) groups is 1. The van der Waals surface area contributed by atoms with Crippen LogP contribution < -0.4 is 10.1 Å². The number of benzene rings is 2. The van der Waals surface area contributed by atoms with Crippen LogP contribution in [-0.2, 0) is 11.2 Å². The third kappa shape index (κ3) is 3.68. The van der Waals surface area contributed by atoms with Crippen LogP contribution in [0.4, 0.5) is 4.39 Å². The number of halogens is 1. The molecule has 0 radical (unpaired) electrons. The van der Waals surface area contributed by atoms with Gasteiger partial charge in [-0.15, -0.1) is 0 Å². The van der Waals surface area contributed by atoms with Gasteiger partial charge in [-0.2, -0.15) is 0 Å². The molecule has 0 aromatic heterocycles. The summed E-state index contributed by atoms with van der Waals surface area (Å²) < 4.78 is 18.8. The fourth-order valence-electron chi connectivity index (χ4n) is 2.43. The molecule has 2 aromatic rings.